The van der Waals surface area contributed by atoms with Gasteiger partial charge in [0.05, 0.1) is 0 Å². The molecule has 15 heavy (non-hydrogen) atoms. The molecular formula is C12H28N2Se. The van der Waals surface area contributed by atoms with Gasteiger partial charge in [-0.15, -0.1) is 0 Å². The van der Waals surface area contributed by atoms with Crippen LogP contribution in [0.2, 0.25) is 0 Å². The molecule has 0 amide bonds. The second-order valence-electron chi connectivity index (χ2n) is 5.18. The molecule has 0 saturated carbocycles. The Kier molecular flexibility index (Phi) is 7.10. The van der Waals surface area contributed by atoms with Crippen molar-refractivity contribution < 1.29 is 0 Å². The average molecular weight is 279 g/mol. The average Bonchev–Trinajstić information content (AvgIpc) is 2.01. The van der Waals surface area contributed by atoms with E-state index in [0.717, 1.165) is 0 Å². The summed E-state index contributed by atoms with van der Waals surface area (Å²) in [6.45, 7) is 18.3. The molecule has 0 aromatic carbocycles. The molecule has 0 fully saturated rings. The molecule has 0 heterocycles. The van der Waals surface area contributed by atoms with E-state index in [1.807, 2.05) is 0 Å². The van der Waals surface area contributed by atoms with E-state index in [2.05, 4.69) is 63.2 Å². The van der Waals surface area contributed by atoms with E-state index in [4.69, 9.17) is 0 Å². The van der Waals surface area contributed by atoms with Crippen LogP contribution in [-0.4, -0.2) is 47.4 Å². The van der Waals surface area contributed by atoms with Crippen molar-refractivity contribution in [3.63, 3.8) is 0 Å². The van der Waals surface area contributed by atoms with Crippen LogP contribution in [0.4, 0.5) is 0 Å². The molecule has 0 aromatic rings. The van der Waals surface area contributed by atoms with Crippen molar-refractivity contribution in [3.8, 4) is 0 Å². The zero-order valence-electron chi connectivity index (χ0n) is 11.6. The Balaban J connectivity index is 4.48. The summed E-state index contributed by atoms with van der Waals surface area (Å²) in [7, 11) is 0. The fraction of sp³-hybridized carbons (Fsp3) is 1.00. The van der Waals surface area contributed by atoms with E-state index in [1.54, 1.807) is 0 Å². The standard InChI is InChI=1S/C12H28N2Se/c1-9(2)13(10(3)4)15-14(11(5)6)12(7)8/h9-12H,1-8H3. The van der Waals surface area contributed by atoms with Gasteiger partial charge >= 0.3 is 103 Å². The van der Waals surface area contributed by atoms with Gasteiger partial charge < -0.3 is 0 Å². The minimum absolute atomic E-state index is 0.463. The number of nitrogens with zero attached hydrogens (tertiary/aromatic N) is 2. The number of hydrogen-bond acceptors (Lipinski definition) is 2. The van der Waals surface area contributed by atoms with Gasteiger partial charge in [0.1, 0.15) is 0 Å². The van der Waals surface area contributed by atoms with Crippen LogP contribution >= 0.6 is 0 Å². The third kappa shape index (κ3) is 5.35. The van der Waals surface area contributed by atoms with Crippen LogP contribution in [0.1, 0.15) is 55.4 Å². The van der Waals surface area contributed by atoms with E-state index >= 15 is 0 Å². The summed E-state index contributed by atoms with van der Waals surface area (Å²) >= 11 is 0.463. The Bertz CT molecular complexity index is 133. The molecular weight excluding hydrogens is 251 g/mol. The summed E-state index contributed by atoms with van der Waals surface area (Å²) in [4.78, 5) is 0. The molecule has 0 radical (unpaired) electrons. The van der Waals surface area contributed by atoms with Gasteiger partial charge in [-0.05, 0) is 0 Å². The molecule has 0 saturated heterocycles. The topological polar surface area (TPSA) is 6.48 Å². The zero-order valence-corrected chi connectivity index (χ0v) is 13.3. The van der Waals surface area contributed by atoms with E-state index < -0.39 is 0 Å². The molecule has 0 aliphatic carbocycles. The van der Waals surface area contributed by atoms with Crippen molar-refractivity contribution in [1.29, 1.82) is 0 Å². The molecule has 0 aliphatic rings. The fourth-order valence-electron chi connectivity index (χ4n) is 1.68. The van der Waals surface area contributed by atoms with Crippen molar-refractivity contribution in [2.24, 2.45) is 0 Å². The van der Waals surface area contributed by atoms with Crippen LogP contribution in [0.25, 0.3) is 0 Å². The van der Waals surface area contributed by atoms with E-state index in [9.17, 15) is 0 Å². The van der Waals surface area contributed by atoms with Crippen LogP contribution in [0.5, 0.6) is 0 Å². The summed E-state index contributed by atoms with van der Waals surface area (Å²) < 4.78 is 5.21. The van der Waals surface area contributed by atoms with Gasteiger partial charge in [-0.1, -0.05) is 0 Å². The first-order valence-electron chi connectivity index (χ1n) is 6.02. The molecule has 3 heteroatoms. The van der Waals surface area contributed by atoms with Crippen LogP contribution in [0.15, 0.2) is 0 Å². The molecule has 92 valence electrons. The molecule has 0 rings (SSSR count). The van der Waals surface area contributed by atoms with Crippen molar-refractivity contribution in [2.75, 3.05) is 0 Å². The maximum absolute atomic E-state index is 2.60. The number of hydrogen-bond donors (Lipinski definition) is 0. The summed E-state index contributed by atoms with van der Waals surface area (Å²) in [6, 6.07) is 2.57. The first-order chi connectivity index (χ1) is 6.77. The van der Waals surface area contributed by atoms with Gasteiger partial charge in [0, 0.05) is 0 Å². The Labute approximate surface area is 103 Å². The van der Waals surface area contributed by atoms with Gasteiger partial charge in [-0.3, -0.25) is 0 Å². The van der Waals surface area contributed by atoms with E-state index in [-0.39, 0.29) is 0 Å². The quantitative estimate of drug-likeness (QED) is 0.690. The Hall–Kier alpha value is 0.439. The van der Waals surface area contributed by atoms with Gasteiger partial charge in [0.2, 0.25) is 0 Å². The summed E-state index contributed by atoms with van der Waals surface area (Å²) in [5, 5.41) is 0. The molecule has 0 spiro atoms. The van der Waals surface area contributed by atoms with Gasteiger partial charge in [-0.25, -0.2) is 0 Å². The SMILES string of the molecule is CC(C)N([Se]N(C(C)C)C(C)C)C(C)C. The second kappa shape index (κ2) is 6.90. The molecule has 0 aliphatic heterocycles. The number of rotatable bonds is 6. The van der Waals surface area contributed by atoms with Gasteiger partial charge in [-0.2, -0.15) is 0 Å². The first kappa shape index (κ1) is 15.4. The molecule has 0 bridgehead atoms. The minimum atomic E-state index is 0.463. The fourth-order valence-corrected chi connectivity index (χ4v) is 3.72. The summed E-state index contributed by atoms with van der Waals surface area (Å²) in [6.07, 6.45) is 0. The van der Waals surface area contributed by atoms with Crippen LogP contribution in [0.3, 0.4) is 0 Å². The second-order valence-corrected chi connectivity index (χ2v) is 7.29. The Morgan fingerprint density at radius 2 is 0.733 bits per heavy atom. The molecule has 0 unspecified atom stereocenters. The Morgan fingerprint density at radius 3 is 0.867 bits per heavy atom. The van der Waals surface area contributed by atoms with E-state index in [1.165, 1.54) is 0 Å². The van der Waals surface area contributed by atoms with E-state index in [0.29, 0.717) is 39.6 Å². The monoisotopic (exact) mass is 280 g/mol. The molecule has 0 N–H and O–H groups in total. The summed E-state index contributed by atoms with van der Waals surface area (Å²) in [5.74, 6) is 0. The van der Waals surface area contributed by atoms with Gasteiger partial charge in [0.25, 0.3) is 0 Å². The molecule has 2 nitrogen and oxygen atoms in total. The molecule has 0 aromatic heterocycles. The predicted molar refractivity (Wildman–Crippen MR) is 70.0 cm³/mol. The van der Waals surface area contributed by atoms with Crippen molar-refractivity contribution >= 4 is 15.4 Å². The predicted octanol–water partition coefficient (Wildman–Crippen LogP) is 2.76. The van der Waals surface area contributed by atoms with Crippen molar-refractivity contribution in [1.82, 2.24) is 7.83 Å². The zero-order chi connectivity index (χ0) is 12.2. The van der Waals surface area contributed by atoms with Crippen molar-refractivity contribution in [2.45, 2.75) is 79.6 Å². The first-order valence-corrected chi connectivity index (χ1v) is 7.55. The van der Waals surface area contributed by atoms with Gasteiger partial charge in [0.15, 0.2) is 0 Å². The molecule has 0 atom stereocenters. The normalized spacial score (nSPS) is 13.2. The third-order valence-corrected chi connectivity index (χ3v) is 6.55. The maximum atomic E-state index is 2.60. The van der Waals surface area contributed by atoms with Crippen LogP contribution < -0.4 is 0 Å². The summed E-state index contributed by atoms with van der Waals surface area (Å²) in [5.41, 5.74) is 0. The van der Waals surface area contributed by atoms with Crippen molar-refractivity contribution in [3.05, 3.63) is 0 Å². The third-order valence-electron chi connectivity index (χ3n) is 2.22. The Morgan fingerprint density at radius 1 is 0.533 bits per heavy atom. The van der Waals surface area contributed by atoms with Crippen LogP contribution in [0, 0.1) is 0 Å². The van der Waals surface area contributed by atoms with Crippen LogP contribution in [-0.2, 0) is 0 Å².